The van der Waals surface area contributed by atoms with Gasteiger partial charge in [0.15, 0.2) is 5.76 Å². The summed E-state index contributed by atoms with van der Waals surface area (Å²) in [5, 5.41) is 8.50. The molecule has 0 aromatic carbocycles. The number of imidazole rings is 1. The molecule has 1 N–H and O–H groups in total. The van der Waals surface area contributed by atoms with Gasteiger partial charge in [0, 0.05) is 11.3 Å². The van der Waals surface area contributed by atoms with E-state index in [2.05, 4.69) is 15.5 Å². The van der Waals surface area contributed by atoms with Crippen LogP contribution in [-0.2, 0) is 0 Å². The predicted molar refractivity (Wildman–Crippen MR) is 76.1 cm³/mol. The normalized spacial score (nSPS) is 14.5. The van der Waals surface area contributed by atoms with Crippen molar-refractivity contribution in [3.63, 3.8) is 0 Å². The minimum absolute atomic E-state index is 0.234. The number of methoxy groups -OCH3 is 1. The zero-order chi connectivity index (χ0) is 14.4. The Morgan fingerprint density at radius 2 is 2.43 bits per heavy atom. The van der Waals surface area contributed by atoms with Crippen molar-refractivity contribution >= 4 is 27.8 Å². The quantitative estimate of drug-likeness (QED) is 0.801. The van der Waals surface area contributed by atoms with Crippen molar-refractivity contribution in [3.8, 4) is 5.88 Å². The Morgan fingerprint density at radius 3 is 3.19 bits per heavy atom. The Kier molecular flexibility index (Phi) is 2.71. The van der Waals surface area contributed by atoms with Gasteiger partial charge in [-0.1, -0.05) is 0 Å². The predicted octanol–water partition coefficient (Wildman–Crippen LogP) is 2.52. The van der Waals surface area contributed by atoms with Gasteiger partial charge in [-0.2, -0.15) is 0 Å². The number of hydrogen-bond donors (Lipinski definition) is 1. The number of ether oxygens (including phenoxy) is 1. The molecular weight excluding hydrogens is 292 g/mol. The standard InChI is InChI=1S/C13H12N4O3S/c1-19-13-10(11(20-16-13)7-2-3-7)15-12(18)8-5-21-9-4-14-6-17(8)9/h4-7H,2-3H2,1H3,(H,15,18). The van der Waals surface area contributed by atoms with Crippen molar-refractivity contribution in [1.29, 1.82) is 0 Å². The van der Waals surface area contributed by atoms with E-state index in [0.29, 0.717) is 28.9 Å². The average Bonchev–Trinajstić information content (AvgIpc) is 2.92. The van der Waals surface area contributed by atoms with Crippen LogP contribution < -0.4 is 10.1 Å². The summed E-state index contributed by atoms with van der Waals surface area (Å²) in [7, 11) is 1.50. The second-order valence-corrected chi connectivity index (χ2v) is 5.77. The molecule has 0 aliphatic heterocycles. The number of fused-ring (bicyclic) bond motifs is 1. The maximum Gasteiger partial charge on any atom is 0.278 e. The lowest BCUT2D eigenvalue weighted by atomic mass is 10.2. The molecule has 1 saturated carbocycles. The number of nitrogens with zero attached hydrogens (tertiary/aromatic N) is 3. The highest BCUT2D eigenvalue weighted by atomic mass is 32.1. The van der Waals surface area contributed by atoms with Crippen LogP contribution in [0.5, 0.6) is 5.88 Å². The number of nitrogens with one attached hydrogen (secondary N) is 1. The van der Waals surface area contributed by atoms with Gasteiger partial charge in [0.2, 0.25) is 0 Å². The molecule has 1 aliphatic rings. The third-order valence-electron chi connectivity index (χ3n) is 3.46. The molecule has 7 nitrogen and oxygen atoms in total. The van der Waals surface area contributed by atoms with E-state index in [1.807, 2.05) is 0 Å². The number of aromatic nitrogens is 3. The van der Waals surface area contributed by atoms with Gasteiger partial charge in [-0.3, -0.25) is 9.20 Å². The monoisotopic (exact) mass is 304 g/mol. The third-order valence-corrected chi connectivity index (χ3v) is 4.34. The fourth-order valence-corrected chi connectivity index (χ4v) is 3.06. The van der Waals surface area contributed by atoms with E-state index in [9.17, 15) is 4.79 Å². The van der Waals surface area contributed by atoms with Crippen molar-refractivity contribution in [1.82, 2.24) is 14.5 Å². The average molecular weight is 304 g/mol. The first kappa shape index (κ1) is 12.4. The SMILES string of the molecule is COc1noc(C2CC2)c1NC(=O)c1csc2cncn12. The second kappa shape index (κ2) is 4.59. The van der Waals surface area contributed by atoms with Crippen LogP contribution in [-0.4, -0.2) is 27.6 Å². The van der Waals surface area contributed by atoms with Gasteiger partial charge in [0.05, 0.1) is 13.3 Å². The van der Waals surface area contributed by atoms with Crippen molar-refractivity contribution in [2.75, 3.05) is 12.4 Å². The van der Waals surface area contributed by atoms with E-state index in [-0.39, 0.29) is 5.91 Å². The zero-order valence-corrected chi connectivity index (χ0v) is 12.0. The number of amides is 1. The van der Waals surface area contributed by atoms with Gasteiger partial charge in [0.25, 0.3) is 11.8 Å². The molecule has 108 valence electrons. The molecule has 0 radical (unpaired) electrons. The van der Waals surface area contributed by atoms with Crippen LogP contribution in [0.3, 0.4) is 0 Å². The van der Waals surface area contributed by atoms with Crippen LogP contribution >= 0.6 is 11.3 Å². The highest BCUT2D eigenvalue weighted by Crippen LogP contribution is 2.46. The lowest BCUT2D eigenvalue weighted by Crippen LogP contribution is -2.15. The summed E-state index contributed by atoms with van der Waals surface area (Å²) in [5.74, 6) is 1.09. The lowest BCUT2D eigenvalue weighted by molar-refractivity contribution is 0.102. The highest BCUT2D eigenvalue weighted by molar-refractivity contribution is 7.15. The molecular formula is C13H12N4O3S. The van der Waals surface area contributed by atoms with Crippen LogP contribution in [0.25, 0.3) is 4.83 Å². The Labute approximate surface area is 123 Å². The zero-order valence-electron chi connectivity index (χ0n) is 11.2. The molecule has 1 aliphatic carbocycles. The molecule has 0 unspecified atom stereocenters. The van der Waals surface area contributed by atoms with E-state index < -0.39 is 0 Å². The largest absolute Gasteiger partial charge is 0.477 e. The first-order valence-electron chi connectivity index (χ1n) is 6.52. The molecule has 1 fully saturated rings. The van der Waals surface area contributed by atoms with Crippen LogP contribution in [0, 0.1) is 0 Å². The van der Waals surface area contributed by atoms with E-state index in [1.165, 1.54) is 18.4 Å². The van der Waals surface area contributed by atoms with Crippen molar-refractivity contribution in [3.05, 3.63) is 29.4 Å². The fourth-order valence-electron chi connectivity index (χ4n) is 2.23. The summed E-state index contributed by atoms with van der Waals surface area (Å²) >= 11 is 1.46. The van der Waals surface area contributed by atoms with Crippen molar-refractivity contribution < 1.29 is 14.1 Å². The van der Waals surface area contributed by atoms with Gasteiger partial charge in [-0.25, -0.2) is 4.98 Å². The summed E-state index contributed by atoms with van der Waals surface area (Å²) in [4.78, 5) is 17.4. The first-order valence-corrected chi connectivity index (χ1v) is 7.40. The minimum Gasteiger partial charge on any atom is -0.477 e. The molecule has 0 spiro atoms. The van der Waals surface area contributed by atoms with Crippen molar-refractivity contribution in [2.45, 2.75) is 18.8 Å². The van der Waals surface area contributed by atoms with Gasteiger partial charge >= 0.3 is 0 Å². The number of anilines is 1. The molecule has 21 heavy (non-hydrogen) atoms. The molecule has 1 amide bonds. The molecule has 3 aromatic heterocycles. The summed E-state index contributed by atoms with van der Waals surface area (Å²) < 4.78 is 12.2. The number of carbonyl (C=O) groups is 1. The molecule has 0 atom stereocenters. The lowest BCUT2D eigenvalue weighted by Gasteiger charge is -2.05. The van der Waals surface area contributed by atoms with Gasteiger partial charge in [-0.05, 0) is 18.0 Å². The topological polar surface area (TPSA) is 81.7 Å². The molecule has 0 saturated heterocycles. The fraction of sp³-hybridized carbons (Fsp3) is 0.308. The molecule has 3 aromatic rings. The summed E-state index contributed by atoms with van der Waals surface area (Å²) in [6.07, 6.45) is 5.43. The van der Waals surface area contributed by atoms with E-state index in [0.717, 1.165) is 17.7 Å². The van der Waals surface area contributed by atoms with Crippen LogP contribution in [0.4, 0.5) is 5.69 Å². The van der Waals surface area contributed by atoms with Crippen LogP contribution in [0.15, 0.2) is 22.4 Å². The number of hydrogen-bond acceptors (Lipinski definition) is 6. The molecule has 3 heterocycles. The third kappa shape index (κ3) is 1.99. The van der Waals surface area contributed by atoms with Gasteiger partial charge in [0.1, 0.15) is 22.5 Å². The second-order valence-electron chi connectivity index (χ2n) is 4.88. The van der Waals surface area contributed by atoms with Gasteiger partial charge in [-0.15, -0.1) is 11.3 Å². The summed E-state index contributed by atoms with van der Waals surface area (Å²) in [5.41, 5.74) is 1.06. The van der Waals surface area contributed by atoms with E-state index in [4.69, 9.17) is 9.26 Å². The first-order chi connectivity index (χ1) is 10.3. The summed E-state index contributed by atoms with van der Waals surface area (Å²) in [6.45, 7) is 0. The molecule has 4 rings (SSSR count). The Hall–Kier alpha value is -2.35. The maximum absolute atomic E-state index is 12.5. The van der Waals surface area contributed by atoms with E-state index >= 15 is 0 Å². The van der Waals surface area contributed by atoms with E-state index in [1.54, 1.807) is 22.3 Å². The molecule has 0 bridgehead atoms. The number of thiazole rings is 1. The highest BCUT2D eigenvalue weighted by Gasteiger charge is 2.34. The van der Waals surface area contributed by atoms with Gasteiger partial charge < -0.3 is 14.6 Å². The Morgan fingerprint density at radius 1 is 1.57 bits per heavy atom. The Balaban J connectivity index is 1.68. The van der Waals surface area contributed by atoms with Crippen molar-refractivity contribution in [2.24, 2.45) is 0 Å². The minimum atomic E-state index is -0.234. The van der Waals surface area contributed by atoms with Crippen LogP contribution in [0.1, 0.15) is 35.0 Å². The molecule has 8 heteroatoms. The number of rotatable bonds is 4. The summed E-state index contributed by atoms with van der Waals surface area (Å²) in [6, 6.07) is 0. The maximum atomic E-state index is 12.5. The number of carbonyl (C=O) groups excluding carboxylic acids is 1. The smallest absolute Gasteiger partial charge is 0.278 e. The Bertz CT molecular complexity index is 814. The van der Waals surface area contributed by atoms with Crippen LogP contribution in [0.2, 0.25) is 0 Å².